The monoisotopic (exact) mass is 350 g/mol. The summed E-state index contributed by atoms with van der Waals surface area (Å²) in [6, 6.07) is 6.49. The molecule has 1 aromatic carbocycles. The third-order valence-electron chi connectivity index (χ3n) is 2.66. The van der Waals surface area contributed by atoms with Gasteiger partial charge in [0.2, 0.25) is 5.95 Å². The van der Waals surface area contributed by atoms with Crippen molar-refractivity contribution in [3.63, 3.8) is 0 Å². The van der Waals surface area contributed by atoms with E-state index >= 15 is 0 Å². The van der Waals surface area contributed by atoms with Crippen molar-refractivity contribution < 1.29 is 5.11 Å². The van der Waals surface area contributed by atoms with Crippen LogP contribution in [0.2, 0.25) is 0 Å². The van der Waals surface area contributed by atoms with Gasteiger partial charge < -0.3 is 5.11 Å². The molecule has 21 heavy (non-hydrogen) atoms. The van der Waals surface area contributed by atoms with Crippen molar-refractivity contribution in [1.29, 1.82) is 0 Å². The van der Waals surface area contributed by atoms with Crippen molar-refractivity contribution in [3.8, 4) is 5.75 Å². The summed E-state index contributed by atoms with van der Waals surface area (Å²) in [6.07, 6.45) is 3.09. The van der Waals surface area contributed by atoms with Gasteiger partial charge in [-0.3, -0.25) is 9.78 Å². The van der Waals surface area contributed by atoms with Crippen molar-refractivity contribution in [2.24, 2.45) is 5.10 Å². The minimum atomic E-state index is -0.226. The molecule has 0 bridgehead atoms. The van der Waals surface area contributed by atoms with Crippen molar-refractivity contribution in [2.75, 3.05) is 5.43 Å². The fraction of sp³-hybridized carbons (Fsp3) is 0.214. The third-order valence-corrected chi connectivity index (χ3v) is 3.16. The second-order valence-electron chi connectivity index (χ2n) is 4.41. The summed E-state index contributed by atoms with van der Waals surface area (Å²) in [5, 5.41) is 13.6. The minimum Gasteiger partial charge on any atom is -0.507 e. The first-order valence-corrected chi connectivity index (χ1v) is 7.25. The largest absolute Gasteiger partial charge is 0.507 e. The number of hydrazone groups is 1. The number of anilines is 1. The summed E-state index contributed by atoms with van der Waals surface area (Å²) >= 11 is 3.32. The Labute approximate surface area is 130 Å². The first-order chi connectivity index (χ1) is 10.1. The highest BCUT2D eigenvalue weighted by molar-refractivity contribution is 9.10. The molecule has 1 aromatic heterocycles. The summed E-state index contributed by atoms with van der Waals surface area (Å²) in [5.74, 6) is 0.390. The second kappa shape index (κ2) is 7.03. The van der Waals surface area contributed by atoms with Crippen LogP contribution in [0.4, 0.5) is 5.95 Å². The molecule has 0 saturated carbocycles. The van der Waals surface area contributed by atoms with Crippen LogP contribution in [0.25, 0.3) is 0 Å². The van der Waals surface area contributed by atoms with E-state index in [0.29, 0.717) is 11.3 Å². The number of hydrogen-bond donors (Lipinski definition) is 3. The lowest BCUT2D eigenvalue weighted by molar-refractivity contribution is 0.474. The Morgan fingerprint density at radius 2 is 2.29 bits per heavy atom. The topological polar surface area (TPSA) is 90.4 Å². The molecule has 0 amide bonds. The van der Waals surface area contributed by atoms with Crippen LogP contribution in [-0.4, -0.2) is 21.3 Å². The van der Waals surface area contributed by atoms with E-state index in [9.17, 15) is 9.90 Å². The number of hydrogen-bond acceptors (Lipinski definition) is 5. The Morgan fingerprint density at radius 1 is 1.48 bits per heavy atom. The number of phenolic OH excluding ortho intramolecular Hbond substituents is 1. The molecule has 0 aliphatic carbocycles. The predicted octanol–water partition coefficient (Wildman–Crippen LogP) is 2.64. The Balaban J connectivity index is 2.14. The summed E-state index contributed by atoms with van der Waals surface area (Å²) in [5.41, 5.74) is 3.69. The Bertz CT molecular complexity index is 712. The lowest BCUT2D eigenvalue weighted by Crippen LogP contribution is -2.11. The summed E-state index contributed by atoms with van der Waals surface area (Å²) in [6.45, 7) is 2.02. The van der Waals surface area contributed by atoms with Gasteiger partial charge in [-0.25, -0.2) is 10.4 Å². The number of aromatic hydroxyl groups is 1. The van der Waals surface area contributed by atoms with Crippen LogP contribution in [0.15, 0.2) is 38.6 Å². The number of benzene rings is 1. The normalized spacial score (nSPS) is 11.0. The molecule has 0 spiro atoms. The highest BCUT2D eigenvalue weighted by atomic mass is 79.9. The summed E-state index contributed by atoms with van der Waals surface area (Å²) in [7, 11) is 0. The molecule has 6 nitrogen and oxygen atoms in total. The molecule has 0 aliphatic rings. The number of aryl methyl sites for hydroxylation is 1. The van der Waals surface area contributed by atoms with Gasteiger partial charge in [0.15, 0.2) is 0 Å². The van der Waals surface area contributed by atoms with Crippen LogP contribution in [-0.2, 0) is 6.42 Å². The number of nitrogens with zero attached hydrogens (tertiary/aromatic N) is 2. The van der Waals surface area contributed by atoms with E-state index in [1.165, 1.54) is 12.3 Å². The van der Waals surface area contributed by atoms with Gasteiger partial charge in [0, 0.05) is 21.8 Å². The van der Waals surface area contributed by atoms with Gasteiger partial charge in [-0.2, -0.15) is 5.10 Å². The van der Waals surface area contributed by atoms with E-state index in [1.807, 2.05) is 6.92 Å². The zero-order valence-corrected chi connectivity index (χ0v) is 13.0. The van der Waals surface area contributed by atoms with E-state index in [4.69, 9.17) is 0 Å². The van der Waals surface area contributed by atoms with E-state index in [0.717, 1.165) is 17.3 Å². The molecule has 0 fully saturated rings. The van der Waals surface area contributed by atoms with Crippen LogP contribution in [0.3, 0.4) is 0 Å². The van der Waals surface area contributed by atoms with Gasteiger partial charge >= 0.3 is 0 Å². The molecular weight excluding hydrogens is 336 g/mol. The molecule has 0 atom stereocenters. The summed E-state index contributed by atoms with van der Waals surface area (Å²) < 4.78 is 0.832. The van der Waals surface area contributed by atoms with Gasteiger partial charge in [0.1, 0.15) is 5.75 Å². The van der Waals surface area contributed by atoms with E-state index < -0.39 is 0 Å². The van der Waals surface area contributed by atoms with E-state index in [1.54, 1.807) is 18.2 Å². The van der Waals surface area contributed by atoms with Crippen LogP contribution in [0.5, 0.6) is 5.75 Å². The Morgan fingerprint density at radius 3 is 3.05 bits per heavy atom. The zero-order valence-electron chi connectivity index (χ0n) is 11.4. The number of halogens is 1. The molecule has 0 radical (unpaired) electrons. The average molecular weight is 351 g/mol. The van der Waals surface area contributed by atoms with Gasteiger partial charge in [-0.15, -0.1) is 0 Å². The Hall–Kier alpha value is -2.15. The molecular formula is C14H15BrN4O2. The molecule has 1 heterocycles. The van der Waals surface area contributed by atoms with Gasteiger partial charge in [0.05, 0.1) is 6.21 Å². The maximum absolute atomic E-state index is 11.5. The molecule has 2 rings (SSSR count). The van der Waals surface area contributed by atoms with E-state index in [2.05, 4.69) is 36.4 Å². The molecule has 0 saturated heterocycles. The van der Waals surface area contributed by atoms with Crippen LogP contribution >= 0.6 is 15.9 Å². The quantitative estimate of drug-likeness (QED) is 0.571. The van der Waals surface area contributed by atoms with Gasteiger partial charge in [-0.05, 0) is 24.6 Å². The molecule has 3 N–H and O–H groups in total. The minimum absolute atomic E-state index is 0.116. The van der Waals surface area contributed by atoms with Gasteiger partial charge in [0.25, 0.3) is 5.56 Å². The highest BCUT2D eigenvalue weighted by Crippen LogP contribution is 2.20. The molecule has 7 heteroatoms. The number of aromatic amines is 1. The summed E-state index contributed by atoms with van der Waals surface area (Å²) in [4.78, 5) is 18.3. The number of aromatic nitrogens is 2. The molecule has 0 aliphatic heterocycles. The van der Waals surface area contributed by atoms with Crippen molar-refractivity contribution in [3.05, 3.63) is 50.3 Å². The van der Waals surface area contributed by atoms with Gasteiger partial charge in [-0.1, -0.05) is 29.3 Å². The van der Waals surface area contributed by atoms with Crippen LogP contribution < -0.4 is 11.0 Å². The predicted molar refractivity (Wildman–Crippen MR) is 85.9 cm³/mol. The fourth-order valence-corrected chi connectivity index (χ4v) is 2.12. The number of rotatable bonds is 5. The lowest BCUT2D eigenvalue weighted by Gasteiger charge is -2.03. The fourth-order valence-electron chi connectivity index (χ4n) is 1.74. The molecule has 0 unspecified atom stereocenters. The standard InChI is InChI=1S/C14H15BrN4O2/c1-2-3-11-7-13(21)18-14(17-11)19-16-8-9-6-10(15)4-5-12(9)20/h4-8,20H,2-3H2,1H3,(H2,17,18,19,21)/b16-8+. The maximum Gasteiger partial charge on any atom is 0.252 e. The van der Waals surface area contributed by atoms with Crippen LogP contribution in [0, 0.1) is 0 Å². The first-order valence-electron chi connectivity index (χ1n) is 6.46. The maximum atomic E-state index is 11.5. The SMILES string of the molecule is CCCc1cc(=O)[nH]c(N/N=C/c2cc(Br)ccc2O)n1. The molecule has 2 aromatic rings. The zero-order chi connectivity index (χ0) is 15.2. The lowest BCUT2D eigenvalue weighted by atomic mass is 10.2. The van der Waals surface area contributed by atoms with Crippen molar-refractivity contribution in [1.82, 2.24) is 9.97 Å². The molecule has 110 valence electrons. The smallest absolute Gasteiger partial charge is 0.252 e. The van der Waals surface area contributed by atoms with Crippen molar-refractivity contribution >= 4 is 28.1 Å². The Kier molecular flexibility index (Phi) is 5.10. The average Bonchev–Trinajstić information content (AvgIpc) is 2.42. The first kappa shape index (κ1) is 15.2. The van der Waals surface area contributed by atoms with Crippen LogP contribution in [0.1, 0.15) is 24.6 Å². The number of phenols is 1. The second-order valence-corrected chi connectivity index (χ2v) is 5.32. The van der Waals surface area contributed by atoms with E-state index in [-0.39, 0.29) is 17.3 Å². The third kappa shape index (κ3) is 4.42. The van der Waals surface area contributed by atoms with Crippen molar-refractivity contribution in [2.45, 2.75) is 19.8 Å². The highest BCUT2D eigenvalue weighted by Gasteiger charge is 2.01. The number of nitrogens with one attached hydrogen (secondary N) is 2. The number of H-pyrrole nitrogens is 1.